The summed E-state index contributed by atoms with van der Waals surface area (Å²) in [5.41, 5.74) is 3.29. The molecule has 0 saturated carbocycles. The molecule has 1 fully saturated rings. The molecule has 0 spiro atoms. The lowest BCUT2D eigenvalue weighted by molar-refractivity contribution is 0.249. The summed E-state index contributed by atoms with van der Waals surface area (Å²) >= 11 is 0. The lowest BCUT2D eigenvalue weighted by Gasteiger charge is -2.36. The second-order valence-electron chi connectivity index (χ2n) is 6.10. The van der Waals surface area contributed by atoms with Crippen LogP contribution in [0.4, 0.5) is 5.69 Å². The molecule has 1 saturated heterocycles. The summed E-state index contributed by atoms with van der Waals surface area (Å²) in [6.07, 6.45) is 5.12. The lowest BCUT2D eigenvalue weighted by atomic mass is 10.1. The predicted molar refractivity (Wildman–Crippen MR) is 95.6 cm³/mol. The van der Waals surface area contributed by atoms with E-state index in [1.165, 1.54) is 17.6 Å². The van der Waals surface area contributed by atoms with Gasteiger partial charge in [-0.3, -0.25) is 4.90 Å². The Balaban J connectivity index is 1.46. The third kappa shape index (κ3) is 3.36. The quantitative estimate of drug-likeness (QED) is 0.719. The molecule has 3 aromatic rings. The number of anilines is 1. The van der Waals surface area contributed by atoms with Gasteiger partial charge in [-0.25, -0.2) is 9.97 Å². The first-order valence-corrected chi connectivity index (χ1v) is 8.35. The number of aromatic nitrogens is 4. The third-order valence-electron chi connectivity index (χ3n) is 4.56. The fourth-order valence-corrected chi connectivity index (χ4v) is 3.21. The highest BCUT2D eigenvalue weighted by molar-refractivity contribution is 5.86. The van der Waals surface area contributed by atoms with E-state index in [1.807, 2.05) is 18.3 Å². The Labute approximate surface area is 146 Å². The van der Waals surface area contributed by atoms with Crippen LogP contribution < -0.4 is 9.64 Å². The van der Waals surface area contributed by atoms with Crippen molar-refractivity contribution < 1.29 is 4.74 Å². The number of methoxy groups -OCH3 is 1. The lowest BCUT2D eigenvalue weighted by Crippen LogP contribution is -2.45. The molecule has 0 bridgehead atoms. The second-order valence-corrected chi connectivity index (χ2v) is 6.10. The van der Waals surface area contributed by atoms with E-state index in [2.05, 4.69) is 42.1 Å². The van der Waals surface area contributed by atoms with Crippen LogP contribution >= 0.6 is 0 Å². The van der Waals surface area contributed by atoms with E-state index in [4.69, 9.17) is 4.74 Å². The van der Waals surface area contributed by atoms with E-state index in [1.54, 1.807) is 13.3 Å². The van der Waals surface area contributed by atoms with Gasteiger partial charge >= 0.3 is 0 Å². The highest BCUT2D eigenvalue weighted by atomic mass is 16.5. The van der Waals surface area contributed by atoms with E-state index in [-0.39, 0.29) is 0 Å². The number of rotatable bonds is 4. The van der Waals surface area contributed by atoms with E-state index in [9.17, 15) is 0 Å². The van der Waals surface area contributed by atoms with Gasteiger partial charge in [-0.15, -0.1) is 0 Å². The Morgan fingerprint density at radius 1 is 1.04 bits per heavy atom. The molecule has 0 radical (unpaired) electrons. The van der Waals surface area contributed by atoms with Crippen molar-refractivity contribution in [1.29, 1.82) is 0 Å². The molecule has 0 N–H and O–H groups in total. The van der Waals surface area contributed by atoms with Gasteiger partial charge in [0.15, 0.2) is 0 Å². The van der Waals surface area contributed by atoms with E-state index in [0.29, 0.717) is 5.88 Å². The average Bonchev–Trinajstić information content (AvgIpc) is 2.68. The number of nitrogens with zero attached hydrogens (tertiary/aromatic N) is 6. The van der Waals surface area contributed by atoms with Crippen LogP contribution in [0.25, 0.3) is 10.9 Å². The van der Waals surface area contributed by atoms with Gasteiger partial charge in [0.25, 0.3) is 0 Å². The SMILES string of the molecule is COc1ncnc2ccc(N3CCN(Cc4ccnnc4)CC3)cc12. The molecule has 1 aliphatic rings. The number of fused-ring (bicyclic) bond motifs is 1. The smallest absolute Gasteiger partial charge is 0.224 e. The Morgan fingerprint density at radius 2 is 1.92 bits per heavy atom. The van der Waals surface area contributed by atoms with Crippen molar-refractivity contribution in [3.05, 3.63) is 48.5 Å². The molecule has 2 aromatic heterocycles. The van der Waals surface area contributed by atoms with Gasteiger partial charge in [0.1, 0.15) is 6.33 Å². The maximum absolute atomic E-state index is 5.36. The van der Waals surface area contributed by atoms with Gasteiger partial charge in [-0.2, -0.15) is 10.2 Å². The maximum atomic E-state index is 5.36. The second kappa shape index (κ2) is 6.98. The van der Waals surface area contributed by atoms with E-state index in [0.717, 1.165) is 43.6 Å². The molecule has 1 aliphatic heterocycles. The van der Waals surface area contributed by atoms with Crippen molar-refractivity contribution in [3.63, 3.8) is 0 Å². The van der Waals surface area contributed by atoms with Gasteiger partial charge < -0.3 is 9.64 Å². The number of hydrogen-bond donors (Lipinski definition) is 0. The molecular weight excluding hydrogens is 316 g/mol. The molecule has 7 heteroatoms. The average molecular weight is 336 g/mol. The van der Waals surface area contributed by atoms with Crippen molar-refractivity contribution >= 4 is 16.6 Å². The van der Waals surface area contributed by atoms with Gasteiger partial charge in [0.2, 0.25) is 5.88 Å². The molecule has 128 valence electrons. The molecule has 0 amide bonds. The third-order valence-corrected chi connectivity index (χ3v) is 4.56. The molecule has 1 aromatic carbocycles. The van der Waals surface area contributed by atoms with Crippen molar-refractivity contribution in [2.75, 3.05) is 38.2 Å². The molecule has 4 rings (SSSR count). The zero-order valence-corrected chi connectivity index (χ0v) is 14.2. The highest BCUT2D eigenvalue weighted by Gasteiger charge is 2.18. The zero-order chi connectivity index (χ0) is 17.1. The molecular formula is C18H20N6O. The summed E-state index contributed by atoms with van der Waals surface area (Å²) in [5.74, 6) is 0.621. The van der Waals surface area contributed by atoms with Crippen LogP contribution in [0.3, 0.4) is 0 Å². The Kier molecular flexibility index (Phi) is 4.39. The van der Waals surface area contributed by atoms with E-state index >= 15 is 0 Å². The first kappa shape index (κ1) is 15.7. The van der Waals surface area contributed by atoms with E-state index < -0.39 is 0 Å². The minimum Gasteiger partial charge on any atom is -0.480 e. The van der Waals surface area contributed by atoms with Gasteiger partial charge in [-0.05, 0) is 29.8 Å². The molecule has 0 aliphatic carbocycles. The van der Waals surface area contributed by atoms with Crippen LogP contribution in [0.15, 0.2) is 43.0 Å². The van der Waals surface area contributed by atoms with Crippen molar-refractivity contribution in [2.24, 2.45) is 0 Å². The fraction of sp³-hybridized carbons (Fsp3) is 0.333. The molecule has 7 nitrogen and oxygen atoms in total. The summed E-state index contributed by atoms with van der Waals surface area (Å²) in [4.78, 5) is 13.3. The Morgan fingerprint density at radius 3 is 2.68 bits per heavy atom. The monoisotopic (exact) mass is 336 g/mol. The summed E-state index contributed by atoms with van der Waals surface area (Å²) in [6, 6.07) is 8.30. The van der Waals surface area contributed by atoms with Gasteiger partial charge in [0, 0.05) is 44.6 Å². The van der Waals surface area contributed by atoms with Crippen LogP contribution in [-0.4, -0.2) is 58.4 Å². The summed E-state index contributed by atoms with van der Waals surface area (Å²) in [6.45, 7) is 4.92. The molecule has 0 unspecified atom stereocenters. The summed E-state index contributed by atoms with van der Waals surface area (Å²) < 4.78 is 5.36. The number of benzene rings is 1. The van der Waals surface area contributed by atoms with Gasteiger partial charge in [-0.1, -0.05) is 0 Å². The van der Waals surface area contributed by atoms with Crippen molar-refractivity contribution in [3.8, 4) is 5.88 Å². The predicted octanol–water partition coefficient (Wildman–Crippen LogP) is 1.75. The molecule has 3 heterocycles. The number of hydrogen-bond acceptors (Lipinski definition) is 7. The van der Waals surface area contributed by atoms with Gasteiger partial charge in [0.05, 0.1) is 24.2 Å². The summed E-state index contributed by atoms with van der Waals surface area (Å²) in [5, 5.41) is 8.73. The minimum atomic E-state index is 0.621. The molecule has 25 heavy (non-hydrogen) atoms. The van der Waals surface area contributed by atoms with Crippen molar-refractivity contribution in [2.45, 2.75) is 6.54 Å². The normalized spacial score (nSPS) is 15.5. The van der Waals surface area contributed by atoms with Crippen LogP contribution in [0, 0.1) is 0 Å². The maximum Gasteiger partial charge on any atom is 0.224 e. The largest absolute Gasteiger partial charge is 0.480 e. The fourth-order valence-electron chi connectivity index (χ4n) is 3.21. The number of ether oxygens (including phenoxy) is 1. The minimum absolute atomic E-state index is 0.621. The van der Waals surface area contributed by atoms with Crippen molar-refractivity contribution in [1.82, 2.24) is 25.1 Å². The highest BCUT2D eigenvalue weighted by Crippen LogP contribution is 2.27. The van der Waals surface area contributed by atoms with Crippen LogP contribution in [-0.2, 0) is 6.54 Å². The van der Waals surface area contributed by atoms with Crippen LogP contribution in [0.5, 0.6) is 5.88 Å². The summed E-state index contributed by atoms with van der Waals surface area (Å²) in [7, 11) is 1.64. The zero-order valence-electron chi connectivity index (χ0n) is 14.2. The van der Waals surface area contributed by atoms with Crippen LogP contribution in [0.1, 0.15) is 5.56 Å². The Bertz CT molecular complexity index is 849. The topological polar surface area (TPSA) is 67.3 Å². The first-order valence-electron chi connectivity index (χ1n) is 8.35. The molecule has 0 atom stereocenters. The van der Waals surface area contributed by atoms with Crippen LogP contribution in [0.2, 0.25) is 0 Å². The first-order chi connectivity index (χ1) is 12.3. The standard InChI is InChI=1S/C18H20N6O/c1-25-18-16-10-15(2-3-17(16)19-13-20-18)24-8-6-23(7-9-24)12-14-4-5-21-22-11-14/h2-5,10-11,13H,6-9,12H2,1H3. The number of piperazine rings is 1. The Hall–Kier alpha value is -2.80.